The number of hydrogen-bond acceptors (Lipinski definition) is 4. The van der Waals surface area contributed by atoms with Gasteiger partial charge in [0.05, 0.1) is 5.60 Å². The molecule has 2 atom stereocenters. The maximum absolute atomic E-state index is 5.77. The number of hydrogen-bond donors (Lipinski definition) is 1. The molecule has 116 valence electrons. The molecular formula is C15H30N4O. The highest BCUT2D eigenvalue weighted by molar-refractivity contribution is 4.98. The minimum atomic E-state index is -0.182. The third-order valence-electron chi connectivity index (χ3n) is 4.06. The summed E-state index contributed by atoms with van der Waals surface area (Å²) in [5.41, 5.74) is -0.182. The maximum Gasteiger partial charge on any atom is 0.138 e. The average Bonchev–Trinajstić information content (AvgIpc) is 2.90. The third-order valence-corrected chi connectivity index (χ3v) is 4.06. The maximum atomic E-state index is 5.77. The van der Waals surface area contributed by atoms with Crippen molar-refractivity contribution in [2.45, 2.75) is 71.6 Å². The summed E-state index contributed by atoms with van der Waals surface area (Å²) in [6.45, 7) is 10.6. The molecular weight excluding hydrogens is 252 g/mol. The normalized spacial score (nSPS) is 16.1. The van der Waals surface area contributed by atoms with Crippen LogP contribution in [0.3, 0.4) is 0 Å². The molecule has 1 heterocycles. The highest BCUT2D eigenvalue weighted by Crippen LogP contribution is 2.22. The van der Waals surface area contributed by atoms with E-state index in [9.17, 15) is 0 Å². The summed E-state index contributed by atoms with van der Waals surface area (Å²) in [5, 5.41) is 7.92. The summed E-state index contributed by atoms with van der Waals surface area (Å²) in [4.78, 5) is 4.42. The molecule has 20 heavy (non-hydrogen) atoms. The van der Waals surface area contributed by atoms with Gasteiger partial charge < -0.3 is 10.1 Å². The van der Waals surface area contributed by atoms with Gasteiger partial charge in [0.1, 0.15) is 12.2 Å². The molecule has 2 unspecified atom stereocenters. The second kappa shape index (κ2) is 8.37. The molecule has 1 aromatic rings. The van der Waals surface area contributed by atoms with Crippen LogP contribution in [0.25, 0.3) is 0 Å². The SMILES string of the molecule is CCCNC(Cc1ncnn1CCC)C(C)(CC)OC. The van der Waals surface area contributed by atoms with E-state index >= 15 is 0 Å². The number of nitrogens with zero attached hydrogens (tertiary/aromatic N) is 3. The molecule has 0 aromatic carbocycles. The van der Waals surface area contributed by atoms with Gasteiger partial charge in [0.2, 0.25) is 0 Å². The molecule has 1 rings (SSSR count). The van der Waals surface area contributed by atoms with E-state index in [0.717, 1.165) is 44.6 Å². The quantitative estimate of drug-likeness (QED) is 0.716. The van der Waals surface area contributed by atoms with E-state index in [2.05, 4.69) is 43.1 Å². The largest absolute Gasteiger partial charge is 0.377 e. The van der Waals surface area contributed by atoms with Crippen molar-refractivity contribution in [1.29, 1.82) is 0 Å². The van der Waals surface area contributed by atoms with Gasteiger partial charge in [0, 0.05) is 26.1 Å². The van der Waals surface area contributed by atoms with Gasteiger partial charge in [-0.05, 0) is 32.7 Å². The van der Waals surface area contributed by atoms with Crippen molar-refractivity contribution in [3.8, 4) is 0 Å². The van der Waals surface area contributed by atoms with E-state index < -0.39 is 0 Å². The van der Waals surface area contributed by atoms with Crippen LogP contribution in [0.4, 0.5) is 0 Å². The first-order valence-electron chi connectivity index (χ1n) is 7.76. The van der Waals surface area contributed by atoms with Crippen molar-refractivity contribution in [3.63, 3.8) is 0 Å². The van der Waals surface area contributed by atoms with Gasteiger partial charge in [-0.1, -0.05) is 20.8 Å². The average molecular weight is 282 g/mol. The van der Waals surface area contributed by atoms with Crippen LogP contribution in [-0.4, -0.2) is 40.1 Å². The summed E-state index contributed by atoms with van der Waals surface area (Å²) in [7, 11) is 1.79. The fourth-order valence-electron chi connectivity index (χ4n) is 2.38. The van der Waals surface area contributed by atoms with Gasteiger partial charge in [-0.25, -0.2) is 4.98 Å². The summed E-state index contributed by atoms with van der Waals surface area (Å²) < 4.78 is 7.78. The second-order valence-corrected chi connectivity index (χ2v) is 5.48. The van der Waals surface area contributed by atoms with Crippen LogP contribution in [0.15, 0.2) is 6.33 Å². The van der Waals surface area contributed by atoms with Crippen molar-refractivity contribution in [2.75, 3.05) is 13.7 Å². The van der Waals surface area contributed by atoms with E-state index in [4.69, 9.17) is 4.74 Å². The number of aromatic nitrogens is 3. The lowest BCUT2D eigenvalue weighted by atomic mass is 9.90. The molecule has 0 spiro atoms. The smallest absolute Gasteiger partial charge is 0.138 e. The minimum absolute atomic E-state index is 0.182. The summed E-state index contributed by atoms with van der Waals surface area (Å²) in [5.74, 6) is 1.04. The topological polar surface area (TPSA) is 52.0 Å². The first kappa shape index (κ1) is 17.1. The highest BCUT2D eigenvalue weighted by Gasteiger charge is 2.33. The number of methoxy groups -OCH3 is 1. The second-order valence-electron chi connectivity index (χ2n) is 5.48. The lowest BCUT2D eigenvalue weighted by molar-refractivity contribution is -0.0294. The first-order chi connectivity index (χ1) is 9.61. The van der Waals surface area contributed by atoms with Gasteiger partial charge >= 0.3 is 0 Å². The molecule has 0 aliphatic carbocycles. The minimum Gasteiger partial charge on any atom is -0.377 e. The van der Waals surface area contributed by atoms with Crippen LogP contribution in [0.5, 0.6) is 0 Å². The fourth-order valence-corrected chi connectivity index (χ4v) is 2.38. The number of ether oxygens (including phenoxy) is 1. The molecule has 1 N–H and O–H groups in total. The number of rotatable bonds is 10. The third kappa shape index (κ3) is 4.28. The zero-order chi connectivity index (χ0) is 15.0. The summed E-state index contributed by atoms with van der Waals surface area (Å²) in [6.07, 6.45) is 5.64. The van der Waals surface area contributed by atoms with Crippen LogP contribution < -0.4 is 5.32 Å². The standard InChI is InChI=1S/C15H30N4O/c1-6-9-16-13(15(4,8-3)20-5)11-14-17-12-18-19(14)10-7-2/h12-13,16H,6-11H2,1-5H3. The predicted octanol–water partition coefficient (Wildman–Crippen LogP) is 2.41. The van der Waals surface area contributed by atoms with Crippen LogP contribution in [0, 0.1) is 0 Å². The zero-order valence-electron chi connectivity index (χ0n) is 13.6. The predicted molar refractivity (Wildman–Crippen MR) is 81.8 cm³/mol. The molecule has 0 fully saturated rings. The molecule has 1 aromatic heterocycles. The van der Waals surface area contributed by atoms with Crippen LogP contribution >= 0.6 is 0 Å². The summed E-state index contributed by atoms with van der Waals surface area (Å²) in [6, 6.07) is 0.247. The van der Waals surface area contributed by atoms with Gasteiger partial charge in [-0.3, -0.25) is 4.68 Å². The Labute approximate surface area is 123 Å². The van der Waals surface area contributed by atoms with Crippen LogP contribution in [0.1, 0.15) is 52.8 Å². The Morgan fingerprint density at radius 2 is 2.10 bits per heavy atom. The summed E-state index contributed by atoms with van der Waals surface area (Å²) >= 11 is 0. The van der Waals surface area contributed by atoms with Crippen molar-refractivity contribution in [1.82, 2.24) is 20.1 Å². The number of nitrogens with one attached hydrogen (secondary N) is 1. The van der Waals surface area contributed by atoms with Gasteiger partial charge in [0.25, 0.3) is 0 Å². The van der Waals surface area contributed by atoms with Gasteiger partial charge in [0.15, 0.2) is 0 Å². The van der Waals surface area contributed by atoms with Crippen molar-refractivity contribution >= 4 is 0 Å². The molecule has 5 nitrogen and oxygen atoms in total. The fraction of sp³-hybridized carbons (Fsp3) is 0.867. The van der Waals surface area contributed by atoms with E-state index in [1.54, 1.807) is 13.4 Å². The Morgan fingerprint density at radius 3 is 2.65 bits per heavy atom. The zero-order valence-corrected chi connectivity index (χ0v) is 13.6. The Bertz CT molecular complexity index is 374. The first-order valence-corrected chi connectivity index (χ1v) is 7.76. The lowest BCUT2D eigenvalue weighted by Crippen LogP contribution is -2.51. The van der Waals surface area contributed by atoms with E-state index in [1.807, 2.05) is 4.68 Å². The molecule has 0 saturated carbocycles. The van der Waals surface area contributed by atoms with Gasteiger partial charge in [-0.15, -0.1) is 0 Å². The van der Waals surface area contributed by atoms with E-state index in [-0.39, 0.29) is 11.6 Å². The Kier molecular flexibility index (Phi) is 7.16. The Morgan fingerprint density at radius 1 is 1.35 bits per heavy atom. The Balaban J connectivity index is 2.85. The lowest BCUT2D eigenvalue weighted by Gasteiger charge is -2.36. The molecule has 0 aliphatic heterocycles. The van der Waals surface area contributed by atoms with Crippen LogP contribution in [0.2, 0.25) is 0 Å². The number of aryl methyl sites for hydroxylation is 1. The van der Waals surface area contributed by atoms with Crippen molar-refractivity contribution < 1.29 is 4.74 Å². The molecule has 0 radical (unpaired) electrons. The van der Waals surface area contributed by atoms with E-state index in [1.165, 1.54) is 0 Å². The molecule has 5 heteroatoms. The van der Waals surface area contributed by atoms with E-state index in [0.29, 0.717) is 0 Å². The van der Waals surface area contributed by atoms with Crippen molar-refractivity contribution in [2.24, 2.45) is 0 Å². The van der Waals surface area contributed by atoms with Crippen LogP contribution in [-0.2, 0) is 17.7 Å². The molecule has 0 aliphatic rings. The molecule has 0 amide bonds. The monoisotopic (exact) mass is 282 g/mol. The van der Waals surface area contributed by atoms with Crippen molar-refractivity contribution in [3.05, 3.63) is 12.2 Å². The Hall–Kier alpha value is -0.940. The molecule has 0 bridgehead atoms. The molecule has 0 saturated heterocycles. The highest BCUT2D eigenvalue weighted by atomic mass is 16.5. The van der Waals surface area contributed by atoms with Gasteiger partial charge in [-0.2, -0.15) is 5.10 Å².